The fraction of sp³-hybridized carbons (Fsp3) is 0.923. The summed E-state index contributed by atoms with van der Waals surface area (Å²) in [5, 5.41) is 7.35. The van der Waals surface area contributed by atoms with E-state index in [0.29, 0.717) is 11.3 Å². The zero-order chi connectivity index (χ0) is 11.7. The third-order valence-corrected chi connectivity index (χ3v) is 3.27. The van der Waals surface area contributed by atoms with E-state index >= 15 is 0 Å². The molecule has 0 aromatic rings. The molecule has 0 aliphatic carbocycles. The van der Waals surface area contributed by atoms with E-state index in [1.165, 1.54) is 38.5 Å². The van der Waals surface area contributed by atoms with Gasteiger partial charge >= 0.3 is 0 Å². The normalized spacial score (nSPS) is 11.7. The highest BCUT2D eigenvalue weighted by Crippen LogP contribution is 2.39. The molecule has 2 heteroatoms. The predicted octanol–water partition coefficient (Wildman–Crippen LogP) is 4.09. The highest BCUT2D eigenvalue weighted by molar-refractivity contribution is 5.76. The maximum atomic E-state index is 7.35. The van der Waals surface area contributed by atoms with Gasteiger partial charge in [-0.05, 0) is 31.1 Å². The van der Waals surface area contributed by atoms with Gasteiger partial charge in [-0.15, -0.1) is 0 Å². The summed E-state index contributed by atoms with van der Waals surface area (Å²) >= 11 is 0. The van der Waals surface area contributed by atoms with Crippen LogP contribution in [-0.2, 0) is 0 Å². The molecule has 0 aromatic carbocycles. The van der Waals surface area contributed by atoms with Crippen LogP contribution in [0.1, 0.15) is 72.1 Å². The van der Waals surface area contributed by atoms with E-state index in [4.69, 9.17) is 11.1 Å². The number of nitrogens with one attached hydrogen (secondary N) is 1. The Bertz CT molecular complexity index is 158. The largest absolute Gasteiger partial charge is 0.388 e. The molecule has 0 saturated carbocycles. The minimum Gasteiger partial charge on any atom is -0.388 e. The van der Waals surface area contributed by atoms with Crippen molar-refractivity contribution in [3.8, 4) is 0 Å². The molecule has 0 spiro atoms. The lowest BCUT2D eigenvalue weighted by atomic mass is 9.72. The molecule has 0 heterocycles. The molecule has 0 rings (SSSR count). The molecule has 0 atom stereocenters. The van der Waals surface area contributed by atoms with Crippen LogP contribution in [0.25, 0.3) is 0 Å². The van der Waals surface area contributed by atoms with Gasteiger partial charge in [-0.25, -0.2) is 0 Å². The molecular formula is C13H28N2. The highest BCUT2D eigenvalue weighted by atomic mass is 14.7. The van der Waals surface area contributed by atoms with Crippen LogP contribution in [-0.4, -0.2) is 5.84 Å². The maximum Gasteiger partial charge on any atom is 0.0905 e. The van der Waals surface area contributed by atoms with Crippen molar-refractivity contribution in [1.82, 2.24) is 0 Å². The number of hydrogen-bond donors (Lipinski definition) is 2. The van der Waals surface area contributed by atoms with Crippen LogP contribution in [0.3, 0.4) is 0 Å². The third kappa shape index (κ3) is 5.81. The lowest BCUT2D eigenvalue weighted by Gasteiger charge is -2.33. The summed E-state index contributed by atoms with van der Waals surface area (Å²) in [4.78, 5) is 0. The molecular weight excluding hydrogens is 184 g/mol. The smallest absolute Gasteiger partial charge is 0.0905 e. The summed E-state index contributed by atoms with van der Waals surface area (Å²) in [5.74, 6) is 0.350. The molecule has 0 amide bonds. The van der Waals surface area contributed by atoms with Crippen molar-refractivity contribution < 1.29 is 0 Å². The van der Waals surface area contributed by atoms with Gasteiger partial charge in [-0.2, -0.15) is 0 Å². The van der Waals surface area contributed by atoms with E-state index in [0.717, 1.165) is 12.8 Å². The molecule has 0 bridgehead atoms. The fourth-order valence-corrected chi connectivity index (χ4v) is 2.74. The Morgan fingerprint density at radius 1 is 0.933 bits per heavy atom. The van der Waals surface area contributed by atoms with Crippen LogP contribution in [0.5, 0.6) is 0 Å². The molecule has 0 aliphatic rings. The average molecular weight is 212 g/mol. The Kier molecular flexibility index (Phi) is 7.45. The second-order valence-electron chi connectivity index (χ2n) is 4.78. The van der Waals surface area contributed by atoms with Crippen LogP contribution in [0, 0.1) is 10.8 Å². The van der Waals surface area contributed by atoms with Gasteiger partial charge in [-0.3, -0.25) is 5.41 Å². The Morgan fingerprint density at radius 2 is 1.33 bits per heavy atom. The number of amidine groups is 1. The first-order valence-corrected chi connectivity index (χ1v) is 6.43. The van der Waals surface area contributed by atoms with Gasteiger partial charge in [0.2, 0.25) is 0 Å². The monoisotopic (exact) mass is 212 g/mol. The van der Waals surface area contributed by atoms with Crippen LogP contribution in [0.15, 0.2) is 0 Å². The molecule has 0 fully saturated rings. The Hall–Kier alpha value is -0.530. The van der Waals surface area contributed by atoms with Crippen molar-refractivity contribution in [2.45, 2.75) is 72.1 Å². The van der Waals surface area contributed by atoms with E-state index in [2.05, 4.69) is 20.8 Å². The van der Waals surface area contributed by atoms with Gasteiger partial charge in [0, 0.05) is 6.42 Å². The lowest BCUT2D eigenvalue weighted by Crippen LogP contribution is -2.23. The van der Waals surface area contributed by atoms with Crippen LogP contribution < -0.4 is 5.73 Å². The van der Waals surface area contributed by atoms with E-state index in [1.807, 2.05) is 0 Å². The first-order valence-electron chi connectivity index (χ1n) is 6.43. The van der Waals surface area contributed by atoms with Crippen molar-refractivity contribution in [2.75, 3.05) is 0 Å². The van der Waals surface area contributed by atoms with E-state index in [9.17, 15) is 0 Å². The van der Waals surface area contributed by atoms with Gasteiger partial charge in [0.1, 0.15) is 0 Å². The highest BCUT2D eigenvalue weighted by Gasteiger charge is 2.26. The molecule has 0 saturated heterocycles. The number of nitrogens with two attached hydrogens (primary N) is 1. The second kappa shape index (κ2) is 7.72. The average Bonchev–Trinajstić information content (AvgIpc) is 2.16. The van der Waals surface area contributed by atoms with Gasteiger partial charge < -0.3 is 5.73 Å². The van der Waals surface area contributed by atoms with Gasteiger partial charge in [0.15, 0.2) is 0 Å². The molecule has 90 valence electrons. The standard InChI is InChI=1S/C13H28N2/c1-4-8-13(9-5-2,10-6-3)11-7-12(14)15/h4-11H2,1-3H3,(H3,14,15). The first-order chi connectivity index (χ1) is 7.10. The lowest BCUT2D eigenvalue weighted by molar-refractivity contribution is 0.196. The summed E-state index contributed by atoms with van der Waals surface area (Å²) < 4.78 is 0. The summed E-state index contributed by atoms with van der Waals surface area (Å²) in [7, 11) is 0. The van der Waals surface area contributed by atoms with Crippen LogP contribution >= 0.6 is 0 Å². The van der Waals surface area contributed by atoms with Gasteiger partial charge in [0.25, 0.3) is 0 Å². The van der Waals surface area contributed by atoms with Crippen LogP contribution in [0.4, 0.5) is 0 Å². The second-order valence-corrected chi connectivity index (χ2v) is 4.78. The quantitative estimate of drug-likeness (QED) is 0.439. The van der Waals surface area contributed by atoms with Crippen molar-refractivity contribution >= 4 is 5.84 Å². The summed E-state index contributed by atoms with van der Waals surface area (Å²) in [6, 6.07) is 0. The maximum absolute atomic E-state index is 7.35. The van der Waals surface area contributed by atoms with Crippen LogP contribution in [0.2, 0.25) is 0 Å². The summed E-state index contributed by atoms with van der Waals surface area (Å²) in [5.41, 5.74) is 5.93. The first kappa shape index (κ1) is 14.5. The predicted molar refractivity (Wildman–Crippen MR) is 68.3 cm³/mol. The number of rotatable bonds is 9. The molecule has 3 N–H and O–H groups in total. The van der Waals surface area contributed by atoms with E-state index < -0.39 is 0 Å². The van der Waals surface area contributed by atoms with Crippen molar-refractivity contribution in [3.63, 3.8) is 0 Å². The van der Waals surface area contributed by atoms with E-state index in [1.54, 1.807) is 0 Å². The SMILES string of the molecule is CCCC(CCC)(CCC)CCC(=N)N. The van der Waals surface area contributed by atoms with Gasteiger partial charge in [-0.1, -0.05) is 40.0 Å². The fourth-order valence-electron chi connectivity index (χ4n) is 2.74. The Labute approximate surface area is 95.1 Å². The molecule has 0 aromatic heterocycles. The zero-order valence-electron chi connectivity index (χ0n) is 10.7. The Morgan fingerprint density at radius 3 is 1.60 bits per heavy atom. The molecule has 15 heavy (non-hydrogen) atoms. The number of hydrogen-bond acceptors (Lipinski definition) is 1. The topological polar surface area (TPSA) is 49.9 Å². The molecule has 0 unspecified atom stereocenters. The summed E-state index contributed by atoms with van der Waals surface area (Å²) in [6.07, 6.45) is 9.51. The minimum atomic E-state index is 0.350. The van der Waals surface area contributed by atoms with Crippen molar-refractivity contribution in [2.24, 2.45) is 11.1 Å². The van der Waals surface area contributed by atoms with Crippen molar-refractivity contribution in [1.29, 1.82) is 5.41 Å². The van der Waals surface area contributed by atoms with Crippen molar-refractivity contribution in [3.05, 3.63) is 0 Å². The molecule has 0 aliphatic heterocycles. The Balaban J connectivity index is 4.37. The zero-order valence-corrected chi connectivity index (χ0v) is 10.7. The summed E-state index contributed by atoms with van der Waals surface area (Å²) in [6.45, 7) is 6.77. The van der Waals surface area contributed by atoms with E-state index in [-0.39, 0.29) is 0 Å². The van der Waals surface area contributed by atoms with Gasteiger partial charge in [0.05, 0.1) is 5.84 Å². The third-order valence-electron chi connectivity index (χ3n) is 3.27. The molecule has 0 radical (unpaired) electrons. The minimum absolute atomic E-state index is 0.350. The molecule has 2 nitrogen and oxygen atoms in total.